The predicted octanol–water partition coefficient (Wildman–Crippen LogP) is 5.72. The molecule has 0 radical (unpaired) electrons. The SMILES string of the molecule is CC.CNC(=O)C(F)(F)C(F)(F)C(F)(F)F.CNC(=O)C(F)(F)C(F)(F)C(F)(F)F.CNC(=O)C(F)(F)C(F)(F)C(F)(F)F. The van der Waals surface area contributed by atoms with Gasteiger partial charge in [-0.3, -0.25) is 14.4 Å². The number of hydrogen-bond acceptors (Lipinski definition) is 3. The molecule has 0 aromatic carbocycles. The van der Waals surface area contributed by atoms with Crippen LogP contribution in [0.5, 0.6) is 0 Å². The second kappa shape index (κ2) is 15.3. The van der Waals surface area contributed by atoms with E-state index in [1.807, 2.05) is 13.8 Å². The van der Waals surface area contributed by atoms with Gasteiger partial charge in [-0.15, -0.1) is 0 Å². The smallest absolute Gasteiger partial charge is 0.354 e. The third-order valence-electron chi connectivity index (χ3n) is 3.79. The molecule has 0 unspecified atom stereocenters. The number of carbonyl (C=O) groups is 3. The van der Waals surface area contributed by atoms with Gasteiger partial charge in [0.05, 0.1) is 0 Å². The Bertz CT molecular complexity index is 820. The molecule has 44 heavy (non-hydrogen) atoms. The molecule has 3 amide bonds. The number of amides is 3. The maximum Gasteiger partial charge on any atom is 0.460 e. The third-order valence-corrected chi connectivity index (χ3v) is 3.79. The Balaban J connectivity index is -0.000000265. The van der Waals surface area contributed by atoms with E-state index < -0.39 is 71.8 Å². The lowest BCUT2D eigenvalue weighted by molar-refractivity contribution is -0.344. The summed E-state index contributed by atoms with van der Waals surface area (Å²) < 4.78 is 248. The molecule has 0 aliphatic heterocycles. The van der Waals surface area contributed by atoms with Gasteiger partial charge in [0.25, 0.3) is 17.7 Å². The van der Waals surface area contributed by atoms with Crippen LogP contribution in [0, 0.1) is 0 Å². The molecule has 0 saturated carbocycles. The highest BCUT2D eigenvalue weighted by atomic mass is 19.4. The van der Waals surface area contributed by atoms with E-state index in [4.69, 9.17) is 0 Å². The largest absolute Gasteiger partial charge is 0.460 e. The fourth-order valence-electron chi connectivity index (χ4n) is 1.43. The lowest BCUT2D eigenvalue weighted by Gasteiger charge is -2.26. The first-order valence-corrected chi connectivity index (χ1v) is 10.1. The topological polar surface area (TPSA) is 87.3 Å². The summed E-state index contributed by atoms with van der Waals surface area (Å²) in [6.45, 7) is 4.00. The van der Waals surface area contributed by atoms with E-state index in [-0.39, 0.29) is 0 Å². The average molecular weight is 711 g/mol. The highest BCUT2D eigenvalue weighted by Crippen LogP contribution is 2.48. The lowest BCUT2D eigenvalue weighted by atomic mass is 10.1. The van der Waals surface area contributed by atoms with Crippen molar-refractivity contribution in [1.82, 2.24) is 16.0 Å². The maximum absolute atomic E-state index is 12.2. The first-order chi connectivity index (χ1) is 18.9. The number of halogens is 21. The Labute approximate surface area is 230 Å². The molecule has 0 aromatic heterocycles. The number of rotatable bonds is 6. The van der Waals surface area contributed by atoms with Crippen LogP contribution in [0.2, 0.25) is 0 Å². The second-order valence-corrected chi connectivity index (χ2v) is 6.68. The van der Waals surface area contributed by atoms with Crippen LogP contribution in [-0.2, 0) is 14.4 Å². The number of carbonyl (C=O) groups excluding carboxylic acids is 3. The quantitative estimate of drug-likeness (QED) is 0.309. The van der Waals surface area contributed by atoms with Crippen LogP contribution in [0.4, 0.5) is 92.2 Å². The highest BCUT2D eigenvalue weighted by molar-refractivity contribution is 5.85. The summed E-state index contributed by atoms with van der Waals surface area (Å²) in [5.74, 6) is -44.7. The zero-order chi connectivity index (χ0) is 37.4. The normalized spacial score (nSPS) is 13.5. The Kier molecular flexibility index (Phi) is 16.6. The molecule has 27 heteroatoms. The minimum Gasteiger partial charge on any atom is -0.354 e. The van der Waals surface area contributed by atoms with Crippen molar-refractivity contribution in [3.63, 3.8) is 0 Å². The number of alkyl halides is 21. The van der Waals surface area contributed by atoms with Crippen LogP contribution < -0.4 is 16.0 Å². The Hall–Kier alpha value is -3.06. The first-order valence-electron chi connectivity index (χ1n) is 10.1. The zero-order valence-corrected chi connectivity index (χ0v) is 21.7. The first kappa shape index (κ1) is 47.9. The molecule has 0 aliphatic carbocycles. The van der Waals surface area contributed by atoms with Gasteiger partial charge in [0.1, 0.15) is 0 Å². The standard InChI is InChI=1S/3C5H4F7NO.C2H6/c3*1-13-2(14)3(6,7)4(8,9)5(10,11)12;1-2/h3*1H3,(H,13,14);1-2H3. The van der Waals surface area contributed by atoms with Gasteiger partial charge < -0.3 is 16.0 Å². The van der Waals surface area contributed by atoms with Gasteiger partial charge >= 0.3 is 54.1 Å². The van der Waals surface area contributed by atoms with Crippen LogP contribution >= 0.6 is 0 Å². The van der Waals surface area contributed by atoms with Crippen LogP contribution in [0.1, 0.15) is 13.8 Å². The van der Waals surface area contributed by atoms with Crippen molar-refractivity contribution in [2.24, 2.45) is 0 Å². The average Bonchev–Trinajstić information content (AvgIpc) is 2.86. The van der Waals surface area contributed by atoms with E-state index >= 15 is 0 Å². The van der Waals surface area contributed by atoms with Gasteiger partial charge in [0.15, 0.2) is 0 Å². The van der Waals surface area contributed by atoms with Crippen molar-refractivity contribution in [3.05, 3.63) is 0 Å². The van der Waals surface area contributed by atoms with Crippen molar-refractivity contribution in [1.29, 1.82) is 0 Å². The summed E-state index contributed by atoms with van der Waals surface area (Å²) in [6.07, 6.45) is -19.4. The van der Waals surface area contributed by atoms with E-state index in [9.17, 15) is 107 Å². The van der Waals surface area contributed by atoms with Crippen molar-refractivity contribution in [3.8, 4) is 0 Å². The van der Waals surface area contributed by atoms with Crippen molar-refractivity contribution < 1.29 is 107 Å². The molecule has 0 atom stereocenters. The summed E-state index contributed by atoms with van der Waals surface area (Å²) in [7, 11) is 1.55. The van der Waals surface area contributed by atoms with Gasteiger partial charge in [0.2, 0.25) is 0 Å². The van der Waals surface area contributed by atoms with Gasteiger partial charge in [-0.25, -0.2) is 0 Å². The van der Waals surface area contributed by atoms with Crippen molar-refractivity contribution in [2.45, 2.75) is 67.9 Å². The molecule has 0 rings (SSSR count). The molecule has 0 heterocycles. The summed E-state index contributed by atoms with van der Waals surface area (Å²) in [6, 6.07) is 0. The van der Waals surface area contributed by atoms with Gasteiger partial charge in [-0.05, 0) is 0 Å². The predicted molar refractivity (Wildman–Crippen MR) is 101 cm³/mol. The summed E-state index contributed by atoms with van der Waals surface area (Å²) in [5, 5.41) is 3.04. The molecule has 0 fully saturated rings. The van der Waals surface area contributed by atoms with E-state index in [1.54, 1.807) is 0 Å². The molecule has 0 aliphatic rings. The molecule has 0 bridgehead atoms. The fraction of sp³-hybridized carbons (Fsp3) is 0.824. The van der Waals surface area contributed by atoms with E-state index in [2.05, 4.69) is 0 Å². The second-order valence-electron chi connectivity index (χ2n) is 6.68. The minimum absolute atomic E-state index is 0.517. The molecule has 6 nitrogen and oxygen atoms in total. The van der Waals surface area contributed by atoms with E-state index in [0.717, 1.165) is 16.0 Å². The Morgan fingerprint density at radius 2 is 0.455 bits per heavy atom. The van der Waals surface area contributed by atoms with Gasteiger partial charge in [-0.1, -0.05) is 13.8 Å². The summed E-state index contributed by atoms with van der Waals surface area (Å²) in [5.41, 5.74) is 0. The molecule has 266 valence electrons. The summed E-state index contributed by atoms with van der Waals surface area (Å²) >= 11 is 0. The maximum atomic E-state index is 12.2. The van der Waals surface area contributed by atoms with Crippen molar-refractivity contribution in [2.75, 3.05) is 21.1 Å². The highest BCUT2D eigenvalue weighted by Gasteiger charge is 2.78. The van der Waals surface area contributed by atoms with E-state index in [0.29, 0.717) is 21.1 Å². The minimum atomic E-state index is -6.48. The van der Waals surface area contributed by atoms with Crippen LogP contribution in [0.15, 0.2) is 0 Å². The van der Waals surface area contributed by atoms with Crippen LogP contribution in [0.3, 0.4) is 0 Å². The summed E-state index contributed by atoms with van der Waals surface area (Å²) in [4.78, 5) is 30.3. The molecule has 0 spiro atoms. The fourth-order valence-corrected chi connectivity index (χ4v) is 1.43. The Morgan fingerprint density at radius 1 is 0.341 bits per heavy atom. The number of nitrogens with one attached hydrogen (secondary N) is 3. The monoisotopic (exact) mass is 711 g/mol. The van der Waals surface area contributed by atoms with E-state index in [1.165, 1.54) is 0 Å². The molecule has 0 aromatic rings. The molecular weight excluding hydrogens is 693 g/mol. The van der Waals surface area contributed by atoms with Crippen molar-refractivity contribution >= 4 is 17.7 Å². The third kappa shape index (κ3) is 9.98. The van der Waals surface area contributed by atoms with Crippen LogP contribution in [0.25, 0.3) is 0 Å². The Morgan fingerprint density at radius 3 is 0.523 bits per heavy atom. The van der Waals surface area contributed by atoms with Crippen LogP contribution in [-0.4, -0.2) is 92.9 Å². The lowest BCUT2D eigenvalue weighted by Crippen LogP contribution is -2.58. The van der Waals surface area contributed by atoms with Gasteiger partial charge in [-0.2, -0.15) is 92.2 Å². The molecule has 0 saturated heterocycles. The zero-order valence-electron chi connectivity index (χ0n) is 21.7. The van der Waals surface area contributed by atoms with Gasteiger partial charge in [0, 0.05) is 21.1 Å². The molecule has 3 N–H and O–H groups in total. The number of hydrogen-bond donors (Lipinski definition) is 3. The molecular formula is C17H18F21N3O3.